The van der Waals surface area contributed by atoms with Crippen LogP contribution < -0.4 is 0 Å². The second-order valence-electron chi connectivity index (χ2n) is 3.27. The molecule has 19 heavy (non-hydrogen) atoms. The molecule has 0 spiro atoms. The third-order valence-electron chi connectivity index (χ3n) is 0.726. The molecule has 0 rings (SSSR count). The van der Waals surface area contributed by atoms with E-state index >= 15 is 0 Å². The minimum absolute atomic E-state index is 0. The summed E-state index contributed by atoms with van der Waals surface area (Å²) in [4.78, 5) is 10.6. The number of esters is 1. The van der Waals surface area contributed by atoms with E-state index in [4.69, 9.17) is 0 Å². The third kappa shape index (κ3) is 71.5. The van der Waals surface area contributed by atoms with Crippen LogP contribution in [0.4, 0.5) is 0 Å². The van der Waals surface area contributed by atoms with E-state index in [1.807, 2.05) is 20.8 Å². The first-order chi connectivity index (χ1) is 8.42. The van der Waals surface area contributed by atoms with E-state index in [9.17, 15) is 4.79 Å². The van der Waals surface area contributed by atoms with Gasteiger partial charge in [0.1, 0.15) is 0 Å². The van der Waals surface area contributed by atoms with E-state index in [1.165, 1.54) is 0 Å². The first-order valence-corrected chi connectivity index (χ1v) is 6.42. The average Bonchev–Trinajstić information content (AvgIpc) is 2.29. The van der Waals surface area contributed by atoms with Crippen molar-refractivity contribution in [3.05, 3.63) is 39.8 Å². The van der Waals surface area contributed by atoms with Crippen LogP contribution in [0.2, 0.25) is 0 Å². The van der Waals surface area contributed by atoms with E-state index in [0.29, 0.717) is 18.6 Å². The van der Waals surface area contributed by atoms with E-state index < -0.39 is 0 Å². The molecule has 0 radical (unpaired) electrons. The summed E-state index contributed by atoms with van der Waals surface area (Å²) in [7, 11) is 0. The Morgan fingerprint density at radius 3 is 1.42 bits per heavy atom. The Morgan fingerprint density at radius 1 is 1.00 bits per heavy atom. The van der Waals surface area contributed by atoms with E-state index in [1.54, 1.807) is 6.92 Å². The van der Waals surface area contributed by atoms with Gasteiger partial charge in [0.2, 0.25) is 0 Å². The molecule has 0 aromatic rings. The van der Waals surface area contributed by atoms with Crippen LogP contribution in [0.3, 0.4) is 0 Å². The molecule has 0 atom stereocenters. The number of rotatable bonds is 3. The Kier molecular flexibility index (Phi) is 59.9. The zero-order chi connectivity index (χ0) is 15.4. The average molecular weight is 348 g/mol. The number of hydrogen-bond donors (Lipinski definition) is 0. The normalized spacial score (nSPS) is 6.95. The molecule has 0 aliphatic heterocycles. The largest absolute Gasteiger partial charge is 4.00 e. The molecule has 0 aliphatic rings. The zero-order valence-corrected chi connectivity index (χ0v) is 15.8. The molecule has 0 aromatic heterocycles. The zero-order valence-electron chi connectivity index (χ0n) is 13.4. The van der Waals surface area contributed by atoms with E-state index in [-0.39, 0.29) is 32.2 Å². The van der Waals surface area contributed by atoms with Gasteiger partial charge in [0, 0.05) is 5.57 Å². The summed E-state index contributed by atoms with van der Waals surface area (Å²) in [6.45, 7) is 25.4. The molecule has 3 heteroatoms. The number of carbonyl (C=O) groups excluding carboxylic acids is 1. The van der Waals surface area contributed by atoms with Crippen LogP contribution in [0, 0.1) is 27.7 Å². The van der Waals surface area contributed by atoms with Gasteiger partial charge >= 0.3 is 32.2 Å². The van der Waals surface area contributed by atoms with Crippen molar-refractivity contribution in [1.82, 2.24) is 0 Å². The van der Waals surface area contributed by atoms with E-state index in [2.05, 4.69) is 39.0 Å². The summed E-state index contributed by atoms with van der Waals surface area (Å²) < 4.78 is 4.65. The summed E-state index contributed by atoms with van der Waals surface area (Å²) in [5.74, 6) is -0.335. The van der Waals surface area contributed by atoms with Gasteiger partial charge in [-0.1, -0.05) is 27.4 Å². The van der Waals surface area contributed by atoms with Gasteiger partial charge in [-0.3, -0.25) is 0 Å². The maximum Gasteiger partial charge on any atom is 4.00 e. The third-order valence-corrected chi connectivity index (χ3v) is 0.726. The van der Waals surface area contributed by atoms with Crippen molar-refractivity contribution in [3.8, 4) is 0 Å². The minimum Gasteiger partial charge on any atom is -0.465 e. The smallest absolute Gasteiger partial charge is 0.465 e. The molecule has 0 aliphatic carbocycles. The molecule has 0 amide bonds. The first-order valence-electron chi connectivity index (χ1n) is 6.42. The Morgan fingerprint density at radius 2 is 1.26 bits per heavy atom. The molecular formula is C16H32O2Zr. The van der Waals surface area contributed by atoms with Gasteiger partial charge in [0.05, 0.1) is 6.61 Å². The van der Waals surface area contributed by atoms with Crippen molar-refractivity contribution in [2.24, 2.45) is 0 Å². The Hall–Kier alpha value is 0.0931. The summed E-state index contributed by atoms with van der Waals surface area (Å²) in [5, 5.41) is 0. The second-order valence-corrected chi connectivity index (χ2v) is 3.27. The van der Waals surface area contributed by atoms with Crippen molar-refractivity contribution in [1.29, 1.82) is 0 Å². The predicted octanol–water partition coefficient (Wildman–Crippen LogP) is 5.02. The maximum absolute atomic E-state index is 10.6. The van der Waals surface area contributed by atoms with Gasteiger partial charge < -0.3 is 32.4 Å². The molecule has 112 valence electrons. The van der Waals surface area contributed by atoms with Crippen LogP contribution in [0.15, 0.2) is 12.2 Å². The molecule has 0 fully saturated rings. The van der Waals surface area contributed by atoms with Crippen LogP contribution >= 0.6 is 0 Å². The van der Waals surface area contributed by atoms with Crippen LogP contribution in [0.5, 0.6) is 0 Å². The first kappa shape index (κ1) is 31.5. The van der Waals surface area contributed by atoms with Crippen LogP contribution in [0.1, 0.15) is 53.4 Å². The summed E-state index contributed by atoms with van der Waals surface area (Å²) in [5.41, 5.74) is 0.434. The standard InChI is InChI=1S/C7H11O2.3C3H7.Zr/c1-4-5-9-7(8)6(2)3;3*1-3-2;/h1-2,4-5H2,3H3;3*1,3H2,2H3;/q4*-1;+4. The van der Waals surface area contributed by atoms with Crippen molar-refractivity contribution in [2.45, 2.75) is 53.4 Å². The molecule has 0 N–H and O–H groups in total. The topological polar surface area (TPSA) is 26.3 Å². The summed E-state index contributed by atoms with van der Waals surface area (Å²) >= 11 is 0. The molecule has 0 aromatic carbocycles. The van der Waals surface area contributed by atoms with Gasteiger partial charge in [-0.25, -0.2) is 4.79 Å². The molecule has 2 nitrogen and oxygen atoms in total. The van der Waals surface area contributed by atoms with Gasteiger partial charge in [-0.05, 0) is 6.92 Å². The van der Waals surface area contributed by atoms with Crippen molar-refractivity contribution < 1.29 is 35.7 Å². The maximum atomic E-state index is 10.6. The quantitative estimate of drug-likeness (QED) is 0.407. The molecule has 0 saturated heterocycles. The monoisotopic (exact) mass is 346 g/mol. The number of carbonyl (C=O) groups is 1. The fourth-order valence-electron chi connectivity index (χ4n) is 0.288. The second kappa shape index (κ2) is 36.1. The molecule has 0 unspecified atom stereocenters. The number of hydrogen-bond acceptors (Lipinski definition) is 2. The van der Waals surface area contributed by atoms with Crippen molar-refractivity contribution in [2.75, 3.05) is 6.61 Å². The van der Waals surface area contributed by atoms with Crippen LogP contribution in [0.25, 0.3) is 0 Å². The minimum atomic E-state index is -0.335. The fourth-order valence-corrected chi connectivity index (χ4v) is 0.288. The molecule has 0 saturated carbocycles. The predicted molar refractivity (Wildman–Crippen MR) is 82.7 cm³/mol. The molecule has 0 heterocycles. The van der Waals surface area contributed by atoms with Crippen LogP contribution in [-0.4, -0.2) is 12.6 Å². The number of ether oxygens (including phenoxy) is 1. The van der Waals surface area contributed by atoms with Gasteiger partial charge in [0.15, 0.2) is 0 Å². The van der Waals surface area contributed by atoms with Crippen LogP contribution in [-0.2, 0) is 35.7 Å². The SMILES string of the molecule is C=C(C)C(=O)OCC[CH2-].[CH2-]CC.[CH2-]CC.[CH2-]CC.[Zr+4]. The Labute approximate surface area is 141 Å². The van der Waals surface area contributed by atoms with E-state index in [0.717, 1.165) is 19.3 Å². The van der Waals surface area contributed by atoms with Gasteiger partial charge in [0.25, 0.3) is 0 Å². The molecular weight excluding hydrogens is 315 g/mol. The van der Waals surface area contributed by atoms with Gasteiger partial charge in [-0.15, -0.1) is 6.42 Å². The summed E-state index contributed by atoms with van der Waals surface area (Å²) in [6.07, 6.45) is 3.61. The van der Waals surface area contributed by atoms with Crippen molar-refractivity contribution >= 4 is 5.97 Å². The summed E-state index contributed by atoms with van der Waals surface area (Å²) in [6, 6.07) is 0. The Balaban J connectivity index is -0.0000000548. The van der Waals surface area contributed by atoms with Gasteiger partial charge in [-0.2, -0.15) is 19.3 Å². The Bertz CT molecular complexity index is 152. The van der Waals surface area contributed by atoms with Crippen molar-refractivity contribution in [3.63, 3.8) is 0 Å². The fraction of sp³-hybridized carbons (Fsp3) is 0.562. The molecule has 0 bridgehead atoms.